The molecule has 0 aromatic heterocycles. The molecule has 0 radical (unpaired) electrons. The third kappa shape index (κ3) is 6.96. The van der Waals surface area contributed by atoms with E-state index in [1.54, 1.807) is 13.2 Å². The second-order valence-corrected chi connectivity index (χ2v) is 7.85. The fourth-order valence-corrected chi connectivity index (χ4v) is 3.25. The Morgan fingerprint density at radius 1 is 0.963 bits per heavy atom. The van der Waals surface area contributed by atoms with Crippen molar-refractivity contribution in [1.29, 1.82) is 0 Å². The first-order valence-corrected chi connectivity index (χ1v) is 9.65. The summed E-state index contributed by atoms with van der Waals surface area (Å²) in [5.74, 6) is 1.03. The highest BCUT2D eigenvalue weighted by molar-refractivity contribution is 5.34. The maximum absolute atomic E-state index is 14.4. The number of benzene rings is 2. The van der Waals surface area contributed by atoms with Crippen molar-refractivity contribution >= 4 is 0 Å². The summed E-state index contributed by atoms with van der Waals surface area (Å²) in [5.41, 5.74) is 3.25. The fourth-order valence-electron chi connectivity index (χ4n) is 3.25. The summed E-state index contributed by atoms with van der Waals surface area (Å²) in [6.45, 7) is 7.57. The number of hydrogen-bond acceptors (Lipinski definition) is 3. The van der Waals surface area contributed by atoms with Crippen molar-refractivity contribution in [2.24, 2.45) is 5.92 Å². The Labute approximate surface area is 163 Å². The highest BCUT2D eigenvalue weighted by Gasteiger charge is 2.15. The third-order valence-corrected chi connectivity index (χ3v) is 4.58. The normalized spacial score (nSPS) is 11.6. The van der Waals surface area contributed by atoms with Gasteiger partial charge in [0, 0.05) is 31.7 Å². The molecular weight excluding hydrogens is 339 g/mol. The molecular formula is C23H33FN2O. The minimum absolute atomic E-state index is 0.210. The Hall–Kier alpha value is -1.91. The monoisotopic (exact) mass is 372 g/mol. The van der Waals surface area contributed by atoms with Gasteiger partial charge in [0.2, 0.25) is 0 Å². The van der Waals surface area contributed by atoms with Gasteiger partial charge in [-0.2, -0.15) is 0 Å². The van der Waals surface area contributed by atoms with E-state index >= 15 is 0 Å². The molecule has 0 saturated carbocycles. The Balaban J connectivity index is 2.20. The molecule has 0 atom stereocenters. The van der Waals surface area contributed by atoms with Gasteiger partial charge >= 0.3 is 0 Å². The number of nitrogens with zero attached hydrogens (tertiary/aromatic N) is 2. The Kier molecular flexibility index (Phi) is 8.26. The summed E-state index contributed by atoms with van der Waals surface area (Å²) in [7, 11) is 5.72. The molecule has 4 heteroatoms. The van der Waals surface area contributed by atoms with Crippen molar-refractivity contribution in [3.8, 4) is 5.75 Å². The molecule has 2 aromatic rings. The summed E-state index contributed by atoms with van der Waals surface area (Å²) < 4.78 is 19.8. The summed E-state index contributed by atoms with van der Waals surface area (Å²) in [6.07, 6.45) is 1.08. The van der Waals surface area contributed by atoms with Crippen LogP contribution in [0.5, 0.6) is 5.75 Å². The Morgan fingerprint density at radius 3 is 2.33 bits per heavy atom. The maximum atomic E-state index is 14.4. The summed E-state index contributed by atoms with van der Waals surface area (Å²) in [5, 5.41) is 0. The number of hydrogen-bond donors (Lipinski definition) is 0. The average molecular weight is 373 g/mol. The number of methoxy groups -OCH3 is 1. The highest BCUT2D eigenvalue weighted by atomic mass is 19.1. The molecule has 0 bridgehead atoms. The summed E-state index contributed by atoms with van der Waals surface area (Å²) >= 11 is 0. The smallest absolute Gasteiger partial charge is 0.131 e. The van der Waals surface area contributed by atoms with Crippen LogP contribution < -0.4 is 4.74 Å². The van der Waals surface area contributed by atoms with Gasteiger partial charge in [0.1, 0.15) is 11.6 Å². The van der Waals surface area contributed by atoms with Gasteiger partial charge in [-0.05, 0) is 49.7 Å². The fraction of sp³-hybridized carbons (Fsp3) is 0.478. The predicted molar refractivity (Wildman–Crippen MR) is 111 cm³/mol. The third-order valence-electron chi connectivity index (χ3n) is 4.58. The lowest BCUT2D eigenvalue weighted by molar-refractivity contribution is 0.220. The second-order valence-electron chi connectivity index (χ2n) is 7.85. The minimum Gasteiger partial charge on any atom is -0.496 e. The molecule has 0 N–H and O–H groups in total. The van der Waals surface area contributed by atoms with Crippen LogP contribution in [0.2, 0.25) is 0 Å². The van der Waals surface area contributed by atoms with Gasteiger partial charge in [-0.3, -0.25) is 4.90 Å². The van der Waals surface area contributed by atoms with Crippen molar-refractivity contribution in [3.63, 3.8) is 0 Å². The van der Waals surface area contributed by atoms with Crippen LogP contribution in [0.4, 0.5) is 4.39 Å². The molecule has 0 spiro atoms. The van der Waals surface area contributed by atoms with Crippen molar-refractivity contribution in [2.45, 2.75) is 33.4 Å². The zero-order valence-electron chi connectivity index (χ0n) is 17.3. The van der Waals surface area contributed by atoms with Crippen LogP contribution in [0.15, 0.2) is 42.5 Å². The van der Waals surface area contributed by atoms with Gasteiger partial charge in [0.25, 0.3) is 0 Å². The van der Waals surface area contributed by atoms with Gasteiger partial charge < -0.3 is 9.64 Å². The van der Waals surface area contributed by atoms with E-state index in [1.807, 2.05) is 6.07 Å². The number of likely N-dealkylation sites (N-methyl/N-ethyl adjacent to an activating group) is 1. The van der Waals surface area contributed by atoms with Crippen molar-refractivity contribution < 1.29 is 9.13 Å². The molecule has 0 aliphatic rings. The highest BCUT2D eigenvalue weighted by Crippen LogP contribution is 2.24. The quantitative estimate of drug-likeness (QED) is 0.606. The van der Waals surface area contributed by atoms with E-state index in [0.717, 1.165) is 26.1 Å². The van der Waals surface area contributed by atoms with Crippen molar-refractivity contribution in [1.82, 2.24) is 9.80 Å². The van der Waals surface area contributed by atoms with E-state index in [9.17, 15) is 4.39 Å². The Bertz CT molecular complexity index is 715. The lowest BCUT2D eigenvalue weighted by Gasteiger charge is -2.25. The lowest BCUT2D eigenvalue weighted by Crippen LogP contribution is -2.31. The van der Waals surface area contributed by atoms with E-state index in [1.165, 1.54) is 17.2 Å². The van der Waals surface area contributed by atoms with Crippen LogP contribution in [0, 0.1) is 11.7 Å². The average Bonchev–Trinajstić information content (AvgIpc) is 2.61. The topological polar surface area (TPSA) is 15.7 Å². The number of rotatable bonds is 10. The van der Waals surface area contributed by atoms with E-state index in [4.69, 9.17) is 4.74 Å². The first-order valence-electron chi connectivity index (χ1n) is 9.65. The van der Waals surface area contributed by atoms with Crippen LogP contribution >= 0.6 is 0 Å². The molecule has 0 aliphatic carbocycles. The van der Waals surface area contributed by atoms with Crippen LogP contribution in [-0.4, -0.2) is 44.1 Å². The molecule has 0 unspecified atom stereocenters. The molecule has 27 heavy (non-hydrogen) atoms. The SMILES string of the molecule is COc1cccc(F)c1CN(CCN(C)C)Cc1cccc(CC(C)C)c1. The number of ether oxygens (including phenoxy) is 1. The summed E-state index contributed by atoms with van der Waals surface area (Å²) in [4.78, 5) is 4.44. The Morgan fingerprint density at radius 2 is 1.67 bits per heavy atom. The predicted octanol–water partition coefficient (Wildman–Crippen LogP) is 4.60. The molecule has 148 valence electrons. The zero-order chi connectivity index (χ0) is 19.8. The first kappa shape index (κ1) is 21.4. The zero-order valence-corrected chi connectivity index (χ0v) is 17.3. The van der Waals surface area contributed by atoms with Gasteiger partial charge in [0.15, 0.2) is 0 Å². The molecule has 0 aliphatic heterocycles. The first-order chi connectivity index (χ1) is 12.9. The van der Waals surface area contributed by atoms with Crippen molar-refractivity contribution in [3.05, 3.63) is 65.0 Å². The van der Waals surface area contributed by atoms with E-state index < -0.39 is 0 Å². The molecule has 2 rings (SSSR count). The molecule has 0 fully saturated rings. The summed E-state index contributed by atoms with van der Waals surface area (Å²) in [6, 6.07) is 13.8. The molecule has 0 saturated heterocycles. The van der Waals surface area contributed by atoms with Gasteiger partial charge in [-0.25, -0.2) is 4.39 Å². The molecule has 2 aromatic carbocycles. The van der Waals surface area contributed by atoms with Crippen LogP contribution in [-0.2, 0) is 19.5 Å². The van der Waals surface area contributed by atoms with E-state index in [2.05, 4.69) is 62.0 Å². The molecule has 0 heterocycles. The van der Waals surface area contributed by atoms with Gasteiger partial charge in [-0.15, -0.1) is 0 Å². The maximum Gasteiger partial charge on any atom is 0.131 e. The minimum atomic E-state index is -0.210. The van der Waals surface area contributed by atoms with Gasteiger partial charge in [-0.1, -0.05) is 44.2 Å². The van der Waals surface area contributed by atoms with E-state index in [-0.39, 0.29) is 5.82 Å². The largest absolute Gasteiger partial charge is 0.496 e. The van der Waals surface area contributed by atoms with Crippen LogP contribution in [0.25, 0.3) is 0 Å². The lowest BCUT2D eigenvalue weighted by atomic mass is 10.0. The second kappa shape index (κ2) is 10.4. The van der Waals surface area contributed by atoms with Crippen LogP contribution in [0.1, 0.15) is 30.5 Å². The number of halogens is 1. The molecule has 3 nitrogen and oxygen atoms in total. The van der Waals surface area contributed by atoms with Gasteiger partial charge in [0.05, 0.1) is 7.11 Å². The standard InChI is InChI=1S/C23H33FN2O/c1-18(2)14-19-8-6-9-20(15-19)16-26(13-12-25(3)4)17-21-22(24)10-7-11-23(21)27-5/h6-11,15,18H,12-14,16-17H2,1-5H3. The molecule has 0 amide bonds. The van der Waals surface area contributed by atoms with Crippen LogP contribution in [0.3, 0.4) is 0 Å². The van der Waals surface area contributed by atoms with E-state index in [0.29, 0.717) is 23.8 Å². The van der Waals surface area contributed by atoms with Crippen molar-refractivity contribution in [2.75, 3.05) is 34.3 Å².